The van der Waals surface area contributed by atoms with E-state index in [0.717, 1.165) is 26.2 Å². The number of carboxylic acid groups (broad SMARTS) is 1. The molecule has 0 aliphatic carbocycles. The Bertz CT molecular complexity index is 314. The molecular formula is C13H25N3O3. The first-order valence-electron chi connectivity index (χ1n) is 6.85. The van der Waals surface area contributed by atoms with Crippen LogP contribution in [0.5, 0.6) is 0 Å². The Hall–Kier alpha value is -1.14. The van der Waals surface area contributed by atoms with E-state index in [1.165, 1.54) is 0 Å². The van der Waals surface area contributed by atoms with Crippen molar-refractivity contribution in [1.82, 2.24) is 14.7 Å². The van der Waals surface area contributed by atoms with E-state index >= 15 is 0 Å². The minimum atomic E-state index is -0.814. The molecule has 1 fully saturated rings. The molecule has 0 aromatic carbocycles. The molecule has 1 rings (SSSR count). The summed E-state index contributed by atoms with van der Waals surface area (Å²) in [5.41, 5.74) is 0. The van der Waals surface area contributed by atoms with Gasteiger partial charge in [-0.3, -0.25) is 14.5 Å². The molecule has 6 nitrogen and oxygen atoms in total. The molecule has 1 aliphatic heterocycles. The van der Waals surface area contributed by atoms with Crippen molar-refractivity contribution in [3.63, 3.8) is 0 Å². The van der Waals surface area contributed by atoms with Crippen LogP contribution in [0.25, 0.3) is 0 Å². The van der Waals surface area contributed by atoms with Gasteiger partial charge in [0.1, 0.15) is 0 Å². The first kappa shape index (κ1) is 15.9. The van der Waals surface area contributed by atoms with Crippen molar-refractivity contribution in [2.75, 3.05) is 52.9 Å². The molecule has 0 aromatic rings. The van der Waals surface area contributed by atoms with Gasteiger partial charge in [0.05, 0.1) is 12.5 Å². The van der Waals surface area contributed by atoms with Crippen LogP contribution in [-0.2, 0) is 9.59 Å². The summed E-state index contributed by atoms with van der Waals surface area (Å²) in [6, 6.07) is 0. The number of amides is 1. The van der Waals surface area contributed by atoms with Crippen LogP contribution in [0.3, 0.4) is 0 Å². The fourth-order valence-electron chi connectivity index (χ4n) is 2.12. The van der Waals surface area contributed by atoms with Crippen LogP contribution >= 0.6 is 0 Å². The van der Waals surface area contributed by atoms with Gasteiger partial charge < -0.3 is 14.9 Å². The normalized spacial score (nSPS) is 18.6. The number of aliphatic carboxylic acids is 1. The van der Waals surface area contributed by atoms with Crippen LogP contribution < -0.4 is 0 Å². The van der Waals surface area contributed by atoms with E-state index in [-0.39, 0.29) is 5.91 Å². The highest BCUT2D eigenvalue weighted by Gasteiger charge is 2.22. The SMILES string of the molecule is CCN(CC(=O)N1CCN(C)CC1)CC(C)C(=O)O. The van der Waals surface area contributed by atoms with Gasteiger partial charge in [0.2, 0.25) is 5.91 Å². The Morgan fingerprint density at radius 3 is 2.32 bits per heavy atom. The number of carbonyl (C=O) groups excluding carboxylic acids is 1. The molecule has 1 amide bonds. The summed E-state index contributed by atoms with van der Waals surface area (Å²) in [6.45, 7) is 8.40. The maximum atomic E-state index is 12.1. The lowest BCUT2D eigenvalue weighted by Crippen LogP contribution is -2.50. The summed E-state index contributed by atoms with van der Waals surface area (Å²) >= 11 is 0. The van der Waals surface area contributed by atoms with Gasteiger partial charge in [0, 0.05) is 32.7 Å². The van der Waals surface area contributed by atoms with E-state index in [1.807, 2.05) is 16.7 Å². The van der Waals surface area contributed by atoms with Crippen LogP contribution in [0.2, 0.25) is 0 Å². The molecule has 0 aromatic heterocycles. The number of carbonyl (C=O) groups is 2. The van der Waals surface area contributed by atoms with Crippen molar-refractivity contribution in [2.24, 2.45) is 5.92 Å². The summed E-state index contributed by atoms with van der Waals surface area (Å²) in [5.74, 6) is -1.15. The smallest absolute Gasteiger partial charge is 0.307 e. The summed E-state index contributed by atoms with van der Waals surface area (Å²) in [4.78, 5) is 29.0. The molecule has 1 saturated heterocycles. The van der Waals surface area contributed by atoms with Crippen LogP contribution in [0.15, 0.2) is 0 Å². The maximum absolute atomic E-state index is 12.1. The molecule has 1 heterocycles. The van der Waals surface area contributed by atoms with Gasteiger partial charge in [-0.15, -0.1) is 0 Å². The van der Waals surface area contributed by atoms with Crippen molar-refractivity contribution in [3.05, 3.63) is 0 Å². The molecule has 0 saturated carbocycles. The zero-order valence-electron chi connectivity index (χ0n) is 12.1. The molecule has 0 bridgehead atoms. The highest BCUT2D eigenvalue weighted by molar-refractivity contribution is 5.78. The second-order valence-corrected chi connectivity index (χ2v) is 5.25. The third kappa shape index (κ3) is 5.16. The van der Waals surface area contributed by atoms with Crippen LogP contribution in [-0.4, -0.2) is 84.5 Å². The van der Waals surface area contributed by atoms with Gasteiger partial charge >= 0.3 is 5.97 Å². The molecule has 1 aliphatic rings. The Morgan fingerprint density at radius 1 is 1.26 bits per heavy atom. The van der Waals surface area contributed by atoms with Gasteiger partial charge in [-0.25, -0.2) is 0 Å². The van der Waals surface area contributed by atoms with Crippen LogP contribution in [0.4, 0.5) is 0 Å². The van der Waals surface area contributed by atoms with E-state index in [1.54, 1.807) is 6.92 Å². The quantitative estimate of drug-likeness (QED) is 0.725. The fraction of sp³-hybridized carbons (Fsp3) is 0.846. The van der Waals surface area contributed by atoms with E-state index < -0.39 is 11.9 Å². The van der Waals surface area contributed by atoms with Gasteiger partial charge in [0.25, 0.3) is 0 Å². The number of carboxylic acids is 1. The van der Waals surface area contributed by atoms with Crippen LogP contribution in [0.1, 0.15) is 13.8 Å². The zero-order chi connectivity index (χ0) is 14.4. The first-order chi connectivity index (χ1) is 8.93. The predicted octanol–water partition coefficient (Wildman–Crippen LogP) is -0.197. The number of hydrogen-bond donors (Lipinski definition) is 1. The van der Waals surface area contributed by atoms with E-state index in [9.17, 15) is 9.59 Å². The molecule has 110 valence electrons. The van der Waals surface area contributed by atoms with Crippen molar-refractivity contribution in [3.8, 4) is 0 Å². The minimum Gasteiger partial charge on any atom is -0.481 e. The average Bonchev–Trinajstić information content (AvgIpc) is 2.38. The Kier molecular flexibility index (Phi) is 6.24. The lowest BCUT2D eigenvalue weighted by atomic mass is 10.1. The second kappa shape index (κ2) is 7.45. The van der Waals surface area contributed by atoms with Gasteiger partial charge in [-0.1, -0.05) is 13.8 Å². The molecular weight excluding hydrogens is 246 g/mol. The lowest BCUT2D eigenvalue weighted by molar-refractivity contribution is -0.143. The van der Waals surface area contributed by atoms with Crippen molar-refractivity contribution < 1.29 is 14.7 Å². The molecule has 0 spiro atoms. The van der Waals surface area contributed by atoms with Crippen LogP contribution in [0, 0.1) is 5.92 Å². The van der Waals surface area contributed by atoms with Gasteiger partial charge in [-0.2, -0.15) is 0 Å². The molecule has 0 radical (unpaired) electrons. The third-order valence-electron chi connectivity index (χ3n) is 3.62. The van der Waals surface area contributed by atoms with Crippen molar-refractivity contribution in [1.29, 1.82) is 0 Å². The largest absolute Gasteiger partial charge is 0.481 e. The number of piperazine rings is 1. The summed E-state index contributed by atoms with van der Waals surface area (Å²) in [7, 11) is 2.05. The number of hydrogen-bond acceptors (Lipinski definition) is 4. The number of nitrogens with zero attached hydrogens (tertiary/aromatic N) is 3. The molecule has 6 heteroatoms. The van der Waals surface area contributed by atoms with E-state index in [2.05, 4.69) is 11.9 Å². The first-order valence-corrected chi connectivity index (χ1v) is 6.85. The molecule has 1 unspecified atom stereocenters. The zero-order valence-corrected chi connectivity index (χ0v) is 12.1. The third-order valence-corrected chi connectivity index (χ3v) is 3.62. The highest BCUT2D eigenvalue weighted by Crippen LogP contribution is 2.04. The lowest BCUT2D eigenvalue weighted by Gasteiger charge is -2.34. The van der Waals surface area contributed by atoms with E-state index in [4.69, 9.17) is 5.11 Å². The predicted molar refractivity (Wildman–Crippen MR) is 73.0 cm³/mol. The summed E-state index contributed by atoms with van der Waals surface area (Å²) in [5, 5.41) is 8.91. The van der Waals surface area contributed by atoms with Gasteiger partial charge in [0.15, 0.2) is 0 Å². The van der Waals surface area contributed by atoms with Crippen molar-refractivity contribution in [2.45, 2.75) is 13.8 Å². The average molecular weight is 271 g/mol. The molecule has 19 heavy (non-hydrogen) atoms. The van der Waals surface area contributed by atoms with Gasteiger partial charge in [-0.05, 0) is 13.6 Å². The summed E-state index contributed by atoms with van der Waals surface area (Å²) < 4.78 is 0. The van der Waals surface area contributed by atoms with E-state index in [0.29, 0.717) is 19.6 Å². The monoisotopic (exact) mass is 271 g/mol. The Morgan fingerprint density at radius 2 is 1.84 bits per heavy atom. The highest BCUT2D eigenvalue weighted by atomic mass is 16.4. The maximum Gasteiger partial charge on any atom is 0.307 e. The minimum absolute atomic E-state index is 0.104. The molecule has 1 N–H and O–H groups in total. The number of rotatable bonds is 6. The standard InChI is InChI=1S/C13H25N3O3/c1-4-15(9-11(2)13(18)19)10-12(17)16-7-5-14(3)6-8-16/h11H,4-10H2,1-3H3,(H,18,19). The summed E-state index contributed by atoms with van der Waals surface area (Å²) in [6.07, 6.45) is 0. The van der Waals surface area contributed by atoms with Crippen molar-refractivity contribution >= 4 is 11.9 Å². The molecule has 1 atom stereocenters. The topological polar surface area (TPSA) is 64.1 Å². The number of likely N-dealkylation sites (N-methyl/N-ethyl adjacent to an activating group) is 2. The Labute approximate surface area is 115 Å². The Balaban J connectivity index is 2.42. The second-order valence-electron chi connectivity index (χ2n) is 5.25. The fourth-order valence-corrected chi connectivity index (χ4v) is 2.12.